The Kier molecular flexibility index (Phi) is 5.77. The van der Waals surface area contributed by atoms with Gasteiger partial charge in [0, 0.05) is 16.2 Å². The van der Waals surface area contributed by atoms with Crippen molar-refractivity contribution in [3.8, 4) is 0 Å². The highest BCUT2D eigenvalue weighted by Crippen LogP contribution is 2.23. The molecule has 0 spiro atoms. The standard InChI is InChI=1S/C13H20BrN/c1-3-7-11(8-4-2)15-13-10-6-5-9-12(13)14/h5-6,9-11,15H,3-4,7-8H2,1-2H3. The summed E-state index contributed by atoms with van der Waals surface area (Å²) in [6, 6.07) is 8.93. The molecule has 0 saturated heterocycles. The third-order valence-electron chi connectivity index (χ3n) is 2.51. The number of para-hydroxylation sites is 1. The van der Waals surface area contributed by atoms with Gasteiger partial charge in [0.1, 0.15) is 0 Å². The van der Waals surface area contributed by atoms with E-state index >= 15 is 0 Å². The number of rotatable bonds is 6. The first kappa shape index (κ1) is 12.6. The summed E-state index contributed by atoms with van der Waals surface area (Å²) in [6.07, 6.45) is 4.97. The molecule has 1 aromatic rings. The van der Waals surface area contributed by atoms with Gasteiger partial charge in [-0.25, -0.2) is 0 Å². The van der Waals surface area contributed by atoms with Gasteiger partial charge in [-0.2, -0.15) is 0 Å². The first-order valence-electron chi connectivity index (χ1n) is 5.79. The summed E-state index contributed by atoms with van der Waals surface area (Å²) in [7, 11) is 0. The molecule has 0 aliphatic carbocycles. The summed E-state index contributed by atoms with van der Waals surface area (Å²) in [5, 5.41) is 3.60. The lowest BCUT2D eigenvalue weighted by molar-refractivity contribution is 0.586. The molecule has 2 heteroatoms. The van der Waals surface area contributed by atoms with Gasteiger partial charge >= 0.3 is 0 Å². The van der Waals surface area contributed by atoms with Crippen LogP contribution >= 0.6 is 15.9 Å². The van der Waals surface area contributed by atoms with Crippen molar-refractivity contribution in [2.45, 2.75) is 45.6 Å². The molecule has 0 saturated carbocycles. The van der Waals surface area contributed by atoms with Crippen molar-refractivity contribution in [2.24, 2.45) is 0 Å². The quantitative estimate of drug-likeness (QED) is 0.780. The Morgan fingerprint density at radius 3 is 2.27 bits per heavy atom. The second-order valence-electron chi connectivity index (χ2n) is 3.90. The van der Waals surface area contributed by atoms with E-state index in [0.29, 0.717) is 6.04 Å². The van der Waals surface area contributed by atoms with Crippen molar-refractivity contribution in [1.29, 1.82) is 0 Å². The van der Waals surface area contributed by atoms with Gasteiger partial charge in [-0.15, -0.1) is 0 Å². The minimum atomic E-state index is 0.610. The van der Waals surface area contributed by atoms with E-state index in [2.05, 4.69) is 53.3 Å². The predicted molar refractivity (Wildman–Crippen MR) is 71.4 cm³/mol. The SMILES string of the molecule is CCCC(CCC)Nc1ccccc1Br. The van der Waals surface area contributed by atoms with Gasteiger partial charge in [-0.05, 0) is 40.9 Å². The van der Waals surface area contributed by atoms with Gasteiger partial charge in [-0.3, -0.25) is 0 Å². The summed E-state index contributed by atoms with van der Waals surface area (Å²) < 4.78 is 1.15. The maximum absolute atomic E-state index is 3.60. The normalized spacial score (nSPS) is 10.7. The third-order valence-corrected chi connectivity index (χ3v) is 3.20. The maximum Gasteiger partial charge on any atom is 0.0486 e. The molecule has 1 aromatic carbocycles. The molecule has 1 nitrogen and oxygen atoms in total. The number of anilines is 1. The van der Waals surface area contributed by atoms with E-state index < -0.39 is 0 Å². The Hall–Kier alpha value is -0.500. The second-order valence-corrected chi connectivity index (χ2v) is 4.75. The molecule has 0 bridgehead atoms. The molecule has 0 aromatic heterocycles. The van der Waals surface area contributed by atoms with Crippen molar-refractivity contribution in [2.75, 3.05) is 5.32 Å². The number of hydrogen-bond acceptors (Lipinski definition) is 1. The Morgan fingerprint density at radius 2 is 1.73 bits per heavy atom. The van der Waals surface area contributed by atoms with Gasteiger partial charge in [0.25, 0.3) is 0 Å². The van der Waals surface area contributed by atoms with Crippen LogP contribution in [0.4, 0.5) is 5.69 Å². The fourth-order valence-electron chi connectivity index (χ4n) is 1.78. The molecular formula is C13H20BrN. The average molecular weight is 270 g/mol. The largest absolute Gasteiger partial charge is 0.381 e. The monoisotopic (exact) mass is 269 g/mol. The summed E-state index contributed by atoms with van der Waals surface area (Å²) in [6.45, 7) is 4.48. The molecule has 0 amide bonds. The minimum absolute atomic E-state index is 0.610. The molecule has 0 heterocycles. The van der Waals surface area contributed by atoms with Crippen LogP contribution in [0.5, 0.6) is 0 Å². The number of hydrogen-bond donors (Lipinski definition) is 1. The number of nitrogens with one attached hydrogen (secondary N) is 1. The molecule has 0 radical (unpaired) electrons. The van der Waals surface area contributed by atoms with Crippen molar-refractivity contribution in [3.63, 3.8) is 0 Å². The van der Waals surface area contributed by atoms with Crippen LogP contribution in [0.15, 0.2) is 28.7 Å². The lowest BCUT2D eigenvalue weighted by atomic mass is 10.1. The van der Waals surface area contributed by atoms with Crippen LogP contribution in [0.3, 0.4) is 0 Å². The van der Waals surface area contributed by atoms with E-state index in [9.17, 15) is 0 Å². The van der Waals surface area contributed by atoms with E-state index in [4.69, 9.17) is 0 Å². The molecular weight excluding hydrogens is 250 g/mol. The molecule has 1 rings (SSSR count). The zero-order chi connectivity index (χ0) is 11.1. The van der Waals surface area contributed by atoms with Crippen molar-refractivity contribution < 1.29 is 0 Å². The van der Waals surface area contributed by atoms with Gasteiger partial charge in [0.05, 0.1) is 0 Å². The molecule has 0 aliphatic rings. The number of benzene rings is 1. The zero-order valence-corrected chi connectivity index (χ0v) is 11.2. The van der Waals surface area contributed by atoms with Crippen LogP contribution in [0.25, 0.3) is 0 Å². The van der Waals surface area contributed by atoms with Crippen LogP contribution in [0.1, 0.15) is 39.5 Å². The molecule has 0 aliphatic heterocycles. The average Bonchev–Trinajstić information content (AvgIpc) is 2.22. The second kappa shape index (κ2) is 6.89. The van der Waals surface area contributed by atoms with Gasteiger partial charge in [0.2, 0.25) is 0 Å². The lowest BCUT2D eigenvalue weighted by Crippen LogP contribution is -2.19. The van der Waals surface area contributed by atoms with Crippen molar-refractivity contribution in [1.82, 2.24) is 0 Å². The number of halogens is 1. The third kappa shape index (κ3) is 4.25. The maximum atomic E-state index is 3.60. The highest BCUT2D eigenvalue weighted by Gasteiger charge is 2.07. The fraction of sp³-hybridized carbons (Fsp3) is 0.538. The smallest absolute Gasteiger partial charge is 0.0486 e. The van der Waals surface area contributed by atoms with Gasteiger partial charge in [0.15, 0.2) is 0 Å². The van der Waals surface area contributed by atoms with Crippen LogP contribution in [-0.4, -0.2) is 6.04 Å². The minimum Gasteiger partial charge on any atom is -0.381 e. The van der Waals surface area contributed by atoms with Crippen LogP contribution < -0.4 is 5.32 Å². The first-order valence-corrected chi connectivity index (χ1v) is 6.58. The summed E-state index contributed by atoms with van der Waals surface area (Å²) in [5.41, 5.74) is 1.21. The van der Waals surface area contributed by atoms with Gasteiger partial charge in [-0.1, -0.05) is 38.8 Å². The molecule has 15 heavy (non-hydrogen) atoms. The molecule has 0 fully saturated rings. The Morgan fingerprint density at radius 1 is 1.13 bits per heavy atom. The lowest BCUT2D eigenvalue weighted by Gasteiger charge is -2.19. The summed E-state index contributed by atoms with van der Waals surface area (Å²) >= 11 is 3.56. The summed E-state index contributed by atoms with van der Waals surface area (Å²) in [5.74, 6) is 0. The molecule has 0 atom stereocenters. The van der Waals surface area contributed by atoms with Crippen LogP contribution in [0.2, 0.25) is 0 Å². The van der Waals surface area contributed by atoms with Crippen LogP contribution in [0, 0.1) is 0 Å². The van der Waals surface area contributed by atoms with Gasteiger partial charge < -0.3 is 5.32 Å². The Bertz CT molecular complexity index is 280. The van der Waals surface area contributed by atoms with Crippen LogP contribution in [-0.2, 0) is 0 Å². The molecule has 84 valence electrons. The predicted octanol–water partition coefficient (Wildman–Crippen LogP) is 4.83. The van der Waals surface area contributed by atoms with E-state index in [-0.39, 0.29) is 0 Å². The first-order chi connectivity index (χ1) is 7.27. The molecule has 0 unspecified atom stereocenters. The highest BCUT2D eigenvalue weighted by molar-refractivity contribution is 9.10. The Balaban J connectivity index is 2.60. The Labute approximate surface area is 101 Å². The van der Waals surface area contributed by atoms with Crippen molar-refractivity contribution >= 4 is 21.6 Å². The topological polar surface area (TPSA) is 12.0 Å². The van der Waals surface area contributed by atoms with Crippen molar-refractivity contribution in [3.05, 3.63) is 28.7 Å². The highest BCUT2D eigenvalue weighted by atomic mass is 79.9. The van der Waals surface area contributed by atoms with E-state index in [1.165, 1.54) is 31.4 Å². The summed E-state index contributed by atoms with van der Waals surface area (Å²) in [4.78, 5) is 0. The van der Waals surface area contributed by atoms with E-state index in [0.717, 1.165) is 4.47 Å². The molecule has 1 N–H and O–H groups in total. The van der Waals surface area contributed by atoms with E-state index in [1.54, 1.807) is 0 Å². The zero-order valence-electron chi connectivity index (χ0n) is 9.59. The fourth-order valence-corrected chi connectivity index (χ4v) is 2.18. The van der Waals surface area contributed by atoms with E-state index in [1.807, 2.05) is 6.07 Å².